The number of benzene rings is 1. The number of pyridine rings is 1. The van der Waals surface area contributed by atoms with Gasteiger partial charge in [-0.2, -0.15) is 10.2 Å². The SMILES string of the molecule is Cc1cccc(Cn2nc(C)c3c(NC(=O)N(C)c4cc(Nc5cnn(C6CCN(C)CC6)c5)ncn4)cccc32)n1. The number of hydrogen-bond acceptors (Lipinski definition) is 8. The molecule has 0 radical (unpaired) electrons. The summed E-state index contributed by atoms with van der Waals surface area (Å²) in [5.41, 5.74) is 5.15. The van der Waals surface area contributed by atoms with Crippen LogP contribution in [0.3, 0.4) is 0 Å². The van der Waals surface area contributed by atoms with Crippen LogP contribution < -0.4 is 15.5 Å². The number of hydrogen-bond donors (Lipinski definition) is 2. The number of nitrogens with one attached hydrogen (secondary N) is 2. The number of piperidine rings is 1. The molecule has 5 aromatic rings. The first-order chi connectivity index (χ1) is 20.3. The van der Waals surface area contributed by atoms with Crippen molar-refractivity contribution in [3.05, 3.63) is 78.3 Å². The molecule has 216 valence electrons. The lowest BCUT2D eigenvalue weighted by Gasteiger charge is -2.28. The van der Waals surface area contributed by atoms with E-state index in [-0.39, 0.29) is 6.03 Å². The van der Waals surface area contributed by atoms with E-state index in [9.17, 15) is 4.79 Å². The molecular weight excluding hydrogens is 530 g/mol. The van der Waals surface area contributed by atoms with Gasteiger partial charge in [0.05, 0.1) is 47.1 Å². The summed E-state index contributed by atoms with van der Waals surface area (Å²) in [6.07, 6.45) is 7.40. The number of carbonyl (C=O) groups excluding carboxylic acids is 1. The molecule has 0 bridgehead atoms. The van der Waals surface area contributed by atoms with Gasteiger partial charge in [-0.1, -0.05) is 12.1 Å². The van der Waals surface area contributed by atoms with Gasteiger partial charge in [0.25, 0.3) is 0 Å². The molecule has 0 saturated carbocycles. The number of nitrogens with zero attached hydrogens (tertiary/aromatic N) is 9. The standard InChI is InChI=1S/C30H35N11O/c1-20-7-5-8-22(34-20)17-41-26-10-6-9-25(29(26)21(2)37-41)36-30(42)39(4)28-15-27(31-19-32-28)35-23-16-33-40(18-23)24-11-13-38(3)14-12-24/h5-10,15-16,18-19,24H,11-14,17H2,1-4H3,(H,36,42)(H,31,32,35). The zero-order valence-electron chi connectivity index (χ0n) is 24.3. The molecule has 2 amide bonds. The summed E-state index contributed by atoms with van der Waals surface area (Å²) in [6, 6.07) is 13.6. The maximum absolute atomic E-state index is 13.4. The van der Waals surface area contributed by atoms with Crippen molar-refractivity contribution in [1.29, 1.82) is 0 Å². The Morgan fingerprint density at radius 1 is 1.10 bits per heavy atom. The molecule has 2 N–H and O–H groups in total. The summed E-state index contributed by atoms with van der Waals surface area (Å²) < 4.78 is 3.95. The average molecular weight is 566 g/mol. The van der Waals surface area contributed by atoms with Gasteiger partial charge in [0.15, 0.2) is 0 Å². The van der Waals surface area contributed by atoms with Crippen molar-refractivity contribution < 1.29 is 4.79 Å². The highest BCUT2D eigenvalue weighted by Crippen LogP contribution is 2.28. The normalized spacial score (nSPS) is 14.3. The van der Waals surface area contributed by atoms with E-state index in [0.717, 1.165) is 59.6 Å². The zero-order valence-corrected chi connectivity index (χ0v) is 24.3. The predicted molar refractivity (Wildman–Crippen MR) is 163 cm³/mol. The van der Waals surface area contributed by atoms with Gasteiger partial charge >= 0.3 is 6.03 Å². The molecule has 1 fully saturated rings. The van der Waals surface area contributed by atoms with Gasteiger partial charge in [-0.05, 0) is 71.1 Å². The van der Waals surface area contributed by atoms with Crippen LogP contribution in [0, 0.1) is 13.8 Å². The number of urea groups is 1. The molecule has 42 heavy (non-hydrogen) atoms. The zero-order chi connectivity index (χ0) is 29.2. The minimum absolute atomic E-state index is 0.324. The lowest BCUT2D eigenvalue weighted by atomic mass is 10.1. The fourth-order valence-corrected chi connectivity index (χ4v) is 5.40. The van der Waals surface area contributed by atoms with E-state index in [0.29, 0.717) is 29.9 Å². The highest BCUT2D eigenvalue weighted by Gasteiger charge is 2.20. The predicted octanol–water partition coefficient (Wildman–Crippen LogP) is 4.76. The Morgan fingerprint density at radius 2 is 1.90 bits per heavy atom. The number of likely N-dealkylation sites (tertiary alicyclic amines) is 1. The van der Waals surface area contributed by atoms with Crippen molar-refractivity contribution in [2.45, 2.75) is 39.3 Å². The third-order valence-corrected chi connectivity index (χ3v) is 7.69. The molecule has 0 spiro atoms. The van der Waals surface area contributed by atoms with E-state index in [1.807, 2.05) is 65.8 Å². The first-order valence-electron chi connectivity index (χ1n) is 14.1. The van der Waals surface area contributed by atoms with Crippen molar-refractivity contribution >= 4 is 39.9 Å². The van der Waals surface area contributed by atoms with Crippen molar-refractivity contribution in [3.8, 4) is 0 Å². The first kappa shape index (κ1) is 27.3. The molecule has 0 atom stereocenters. The Balaban J connectivity index is 1.15. The summed E-state index contributed by atoms with van der Waals surface area (Å²) in [5.74, 6) is 1.03. The minimum atomic E-state index is -0.324. The second-order valence-electron chi connectivity index (χ2n) is 10.8. The average Bonchev–Trinajstić information content (AvgIpc) is 3.57. The van der Waals surface area contributed by atoms with Gasteiger partial charge in [-0.25, -0.2) is 14.8 Å². The van der Waals surface area contributed by atoms with Crippen molar-refractivity contribution in [3.63, 3.8) is 0 Å². The summed E-state index contributed by atoms with van der Waals surface area (Å²) >= 11 is 0. The molecule has 12 heteroatoms. The molecule has 1 saturated heterocycles. The van der Waals surface area contributed by atoms with Crippen molar-refractivity contribution in [1.82, 2.24) is 39.4 Å². The monoisotopic (exact) mass is 565 g/mol. The molecule has 1 aliphatic rings. The molecule has 6 rings (SSSR count). The van der Waals surface area contributed by atoms with Gasteiger partial charge in [0.2, 0.25) is 0 Å². The summed E-state index contributed by atoms with van der Waals surface area (Å²) in [6.45, 7) is 6.59. The van der Waals surface area contributed by atoms with Gasteiger partial charge in [0.1, 0.15) is 18.0 Å². The van der Waals surface area contributed by atoms with Crippen molar-refractivity contribution in [2.75, 3.05) is 42.7 Å². The molecule has 1 aliphatic heterocycles. The lowest BCUT2D eigenvalue weighted by molar-refractivity contribution is 0.212. The fraction of sp³-hybridized carbons (Fsp3) is 0.333. The van der Waals surface area contributed by atoms with Crippen LogP contribution in [0.25, 0.3) is 10.9 Å². The highest BCUT2D eigenvalue weighted by atomic mass is 16.2. The quantitative estimate of drug-likeness (QED) is 0.290. The van der Waals surface area contributed by atoms with Crippen LogP contribution in [-0.2, 0) is 6.54 Å². The van der Waals surface area contributed by atoms with Crippen LogP contribution in [0.2, 0.25) is 0 Å². The van der Waals surface area contributed by atoms with Gasteiger partial charge < -0.3 is 15.5 Å². The Kier molecular flexibility index (Phi) is 7.53. The third kappa shape index (κ3) is 5.79. The number of anilines is 4. The first-order valence-corrected chi connectivity index (χ1v) is 14.1. The maximum atomic E-state index is 13.4. The van der Waals surface area contributed by atoms with E-state index >= 15 is 0 Å². The van der Waals surface area contributed by atoms with Crippen LogP contribution in [0.15, 0.2) is 61.2 Å². The number of rotatable bonds is 7. The molecule has 5 heterocycles. The van der Waals surface area contributed by atoms with Crippen LogP contribution in [0.4, 0.5) is 27.8 Å². The molecule has 4 aromatic heterocycles. The number of amides is 2. The van der Waals surface area contributed by atoms with Crippen LogP contribution in [0.1, 0.15) is 36.0 Å². The van der Waals surface area contributed by atoms with Crippen LogP contribution in [-0.4, -0.2) is 72.6 Å². The van der Waals surface area contributed by atoms with Crippen LogP contribution in [0.5, 0.6) is 0 Å². The van der Waals surface area contributed by atoms with E-state index < -0.39 is 0 Å². The number of carbonyl (C=O) groups is 1. The minimum Gasteiger partial charge on any atom is -0.338 e. The molecular formula is C30H35N11O. The van der Waals surface area contributed by atoms with Crippen LogP contribution >= 0.6 is 0 Å². The van der Waals surface area contributed by atoms with Gasteiger partial charge in [-0.3, -0.25) is 19.2 Å². The van der Waals surface area contributed by atoms with E-state index in [4.69, 9.17) is 5.10 Å². The molecule has 12 nitrogen and oxygen atoms in total. The Morgan fingerprint density at radius 3 is 2.71 bits per heavy atom. The highest BCUT2D eigenvalue weighted by molar-refractivity contribution is 6.07. The number of aromatic nitrogens is 7. The van der Waals surface area contributed by atoms with Gasteiger partial charge in [0, 0.05) is 30.4 Å². The summed E-state index contributed by atoms with van der Waals surface area (Å²) in [5, 5.41) is 16.5. The largest absolute Gasteiger partial charge is 0.338 e. The van der Waals surface area contributed by atoms with Crippen molar-refractivity contribution in [2.24, 2.45) is 0 Å². The lowest BCUT2D eigenvalue weighted by Crippen LogP contribution is -2.32. The summed E-state index contributed by atoms with van der Waals surface area (Å²) in [7, 11) is 3.83. The van der Waals surface area contributed by atoms with E-state index in [1.165, 1.54) is 11.2 Å². The molecule has 0 unspecified atom stereocenters. The maximum Gasteiger partial charge on any atom is 0.327 e. The second-order valence-corrected chi connectivity index (χ2v) is 10.8. The van der Waals surface area contributed by atoms with E-state index in [1.54, 1.807) is 19.3 Å². The molecule has 1 aromatic carbocycles. The third-order valence-electron chi connectivity index (χ3n) is 7.69. The Hall–Kier alpha value is -4.84. The Labute approximate surface area is 244 Å². The second kappa shape index (κ2) is 11.6. The smallest absolute Gasteiger partial charge is 0.327 e. The van der Waals surface area contributed by atoms with Gasteiger partial charge in [-0.15, -0.1) is 0 Å². The number of aryl methyl sites for hydroxylation is 2. The fourth-order valence-electron chi connectivity index (χ4n) is 5.40. The molecule has 0 aliphatic carbocycles. The summed E-state index contributed by atoms with van der Waals surface area (Å²) in [4.78, 5) is 30.4. The Bertz CT molecular complexity index is 1720. The topological polar surface area (TPSA) is 122 Å². The number of fused-ring (bicyclic) bond motifs is 1. The van der Waals surface area contributed by atoms with E-state index in [2.05, 4.69) is 42.6 Å².